The lowest BCUT2D eigenvalue weighted by Crippen LogP contribution is -2.09. The first-order chi connectivity index (χ1) is 9.24. The molecule has 1 aromatic carbocycles. The van der Waals surface area contributed by atoms with E-state index in [1.54, 1.807) is 18.3 Å². The van der Waals surface area contributed by atoms with Gasteiger partial charge in [0.2, 0.25) is 0 Å². The van der Waals surface area contributed by atoms with Crippen LogP contribution in [0.25, 0.3) is 10.9 Å². The largest absolute Gasteiger partial charge is 0.341 e. The van der Waals surface area contributed by atoms with Crippen molar-refractivity contribution in [2.24, 2.45) is 0 Å². The van der Waals surface area contributed by atoms with Gasteiger partial charge in [-0.05, 0) is 24.3 Å². The molecule has 0 aliphatic heterocycles. The molecule has 3 rings (SSSR count). The van der Waals surface area contributed by atoms with E-state index in [9.17, 15) is 4.79 Å². The summed E-state index contributed by atoms with van der Waals surface area (Å²) < 4.78 is 2.00. The van der Waals surface area contributed by atoms with Crippen molar-refractivity contribution in [1.29, 1.82) is 0 Å². The van der Waals surface area contributed by atoms with Gasteiger partial charge in [0.15, 0.2) is 5.43 Å². The fraction of sp³-hybridized carbons (Fsp3) is 0.0667. The highest BCUT2D eigenvalue weighted by Gasteiger charge is 2.03. The molecule has 0 spiro atoms. The second-order valence-corrected chi connectivity index (χ2v) is 4.66. The third-order valence-corrected chi connectivity index (χ3v) is 3.20. The van der Waals surface area contributed by atoms with E-state index in [0.717, 1.165) is 11.2 Å². The van der Waals surface area contributed by atoms with Crippen LogP contribution in [0, 0.1) is 0 Å². The molecule has 0 aliphatic carbocycles. The number of aromatic nitrogens is 2. The van der Waals surface area contributed by atoms with Gasteiger partial charge < -0.3 is 4.57 Å². The summed E-state index contributed by atoms with van der Waals surface area (Å²) in [6.45, 7) is 0.585. The third kappa shape index (κ3) is 2.37. The van der Waals surface area contributed by atoms with E-state index < -0.39 is 0 Å². The van der Waals surface area contributed by atoms with E-state index in [-0.39, 0.29) is 5.43 Å². The van der Waals surface area contributed by atoms with Crippen LogP contribution in [0.2, 0.25) is 5.15 Å². The first-order valence-electron chi connectivity index (χ1n) is 5.94. The molecule has 0 unspecified atom stereocenters. The Kier molecular flexibility index (Phi) is 3.05. The number of halogens is 1. The molecule has 0 atom stereocenters. The number of nitrogens with zero attached hydrogens (tertiary/aromatic N) is 2. The van der Waals surface area contributed by atoms with Gasteiger partial charge in [0.05, 0.1) is 17.8 Å². The Morgan fingerprint density at radius 3 is 2.74 bits per heavy atom. The van der Waals surface area contributed by atoms with E-state index in [2.05, 4.69) is 4.98 Å². The zero-order valence-electron chi connectivity index (χ0n) is 10.1. The molecule has 94 valence electrons. The van der Waals surface area contributed by atoms with Crippen LogP contribution in [-0.4, -0.2) is 9.55 Å². The molecule has 2 aromatic heterocycles. The molecule has 3 nitrogen and oxygen atoms in total. The summed E-state index contributed by atoms with van der Waals surface area (Å²) in [4.78, 5) is 16.1. The van der Waals surface area contributed by atoms with Crippen LogP contribution in [0.4, 0.5) is 0 Å². The fourth-order valence-corrected chi connectivity index (χ4v) is 2.29. The van der Waals surface area contributed by atoms with Crippen molar-refractivity contribution in [3.05, 3.63) is 75.8 Å². The molecule has 2 heterocycles. The van der Waals surface area contributed by atoms with E-state index in [0.29, 0.717) is 17.1 Å². The molecule has 0 saturated carbocycles. The summed E-state index contributed by atoms with van der Waals surface area (Å²) in [5.74, 6) is 0. The number of para-hydroxylation sites is 1. The van der Waals surface area contributed by atoms with Gasteiger partial charge in [-0.1, -0.05) is 29.8 Å². The van der Waals surface area contributed by atoms with E-state index in [4.69, 9.17) is 11.6 Å². The number of pyridine rings is 2. The Hall–Kier alpha value is -2.13. The van der Waals surface area contributed by atoms with E-state index >= 15 is 0 Å². The highest BCUT2D eigenvalue weighted by molar-refractivity contribution is 6.29. The quantitative estimate of drug-likeness (QED) is 0.671. The van der Waals surface area contributed by atoms with Gasteiger partial charge in [0, 0.05) is 17.6 Å². The smallest absolute Gasteiger partial charge is 0.189 e. The van der Waals surface area contributed by atoms with Crippen molar-refractivity contribution in [1.82, 2.24) is 9.55 Å². The molecule has 0 saturated heterocycles. The summed E-state index contributed by atoms with van der Waals surface area (Å²) in [6, 6.07) is 14.7. The van der Waals surface area contributed by atoms with Crippen LogP contribution >= 0.6 is 11.6 Å². The number of benzene rings is 1. The summed E-state index contributed by atoms with van der Waals surface area (Å²) in [6.07, 6.45) is 1.78. The van der Waals surface area contributed by atoms with Crippen molar-refractivity contribution in [3.63, 3.8) is 0 Å². The second kappa shape index (κ2) is 4.86. The first-order valence-corrected chi connectivity index (χ1v) is 6.31. The Bertz CT molecular complexity index is 795. The molecule has 19 heavy (non-hydrogen) atoms. The SMILES string of the molecule is O=c1ccn(Cc2cccc(Cl)n2)c2ccccc12. The zero-order valence-corrected chi connectivity index (χ0v) is 10.8. The van der Waals surface area contributed by atoms with E-state index in [1.807, 2.05) is 41.0 Å². The lowest BCUT2D eigenvalue weighted by atomic mass is 10.2. The van der Waals surface area contributed by atoms with Crippen LogP contribution < -0.4 is 5.43 Å². The van der Waals surface area contributed by atoms with Crippen molar-refractivity contribution >= 4 is 22.5 Å². The standard InChI is InChI=1S/C15H11ClN2O/c16-15-7-3-4-11(17-15)10-18-9-8-14(19)12-5-1-2-6-13(12)18/h1-9H,10H2. The van der Waals surface area contributed by atoms with Crippen molar-refractivity contribution in [3.8, 4) is 0 Å². The summed E-state index contributed by atoms with van der Waals surface area (Å²) >= 11 is 5.88. The van der Waals surface area contributed by atoms with Crippen molar-refractivity contribution in [2.45, 2.75) is 6.54 Å². The molecule has 4 heteroatoms. The minimum absolute atomic E-state index is 0.0332. The molecule has 0 radical (unpaired) electrons. The highest BCUT2D eigenvalue weighted by Crippen LogP contribution is 2.12. The lowest BCUT2D eigenvalue weighted by Gasteiger charge is -2.10. The predicted molar refractivity (Wildman–Crippen MR) is 76.6 cm³/mol. The van der Waals surface area contributed by atoms with Crippen LogP contribution in [0.15, 0.2) is 59.5 Å². The minimum Gasteiger partial charge on any atom is -0.341 e. The Morgan fingerprint density at radius 1 is 1.05 bits per heavy atom. The molecular formula is C15H11ClN2O. The molecule has 0 bridgehead atoms. The van der Waals surface area contributed by atoms with Crippen LogP contribution in [-0.2, 0) is 6.54 Å². The zero-order chi connectivity index (χ0) is 13.2. The van der Waals surface area contributed by atoms with E-state index in [1.165, 1.54) is 0 Å². The molecule has 0 fully saturated rings. The summed E-state index contributed by atoms with van der Waals surface area (Å²) in [5, 5.41) is 1.19. The third-order valence-electron chi connectivity index (χ3n) is 2.99. The Balaban J connectivity index is 2.11. The van der Waals surface area contributed by atoms with Gasteiger partial charge >= 0.3 is 0 Å². The monoisotopic (exact) mass is 270 g/mol. The predicted octanol–water partition coefficient (Wildman–Crippen LogP) is 3.10. The summed E-state index contributed by atoms with van der Waals surface area (Å²) in [7, 11) is 0. The topological polar surface area (TPSA) is 34.9 Å². The van der Waals surface area contributed by atoms with Gasteiger partial charge in [0.1, 0.15) is 5.15 Å². The number of hydrogen-bond donors (Lipinski definition) is 0. The highest BCUT2D eigenvalue weighted by atomic mass is 35.5. The minimum atomic E-state index is 0.0332. The lowest BCUT2D eigenvalue weighted by molar-refractivity contribution is 0.798. The van der Waals surface area contributed by atoms with Gasteiger partial charge in [-0.2, -0.15) is 0 Å². The second-order valence-electron chi connectivity index (χ2n) is 4.28. The maximum absolute atomic E-state index is 11.8. The molecule has 0 aliphatic rings. The van der Waals surface area contributed by atoms with Gasteiger partial charge in [-0.25, -0.2) is 4.98 Å². The van der Waals surface area contributed by atoms with Crippen LogP contribution in [0.5, 0.6) is 0 Å². The van der Waals surface area contributed by atoms with Crippen molar-refractivity contribution < 1.29 is 0 Å². The average molecular weight is 271 g/mol. The fourth-order valence-electron chi connectivity index (χ4n) is 2.11. The molecule has 0 N–H and O–H groups in total. The Labute approximate surface area is 115 Å². The van der Waals surface area contributed by atoms with Gasteiger partial charge in [-0.15, -0.1) is 0 Å². The maximum Gasteiger partial charge on any atom is 0.189 e. The maximum atomic E-state index is 11.8. The molecule has 3 aromatic rings. The number of fused-ring (bicyclic) bond motifs is 1. The van der Waals surface area contributed by atoms with Gasteiger partial charge in [-0.3, -0.25) is 4.79 Å². The Morgan fingerprint density at radius 2 is 1.89 bits per heavy atom. The van der Waals surface area contributed by atoms with Gasteiger partial charge in [0.25, 0.3) is 0 Å². The summed E-state index contributed by atoms with van der Waals surface area (Å²) in [5.41, 5.74) is 1.80. The number of hydrogen-bond acceptors (Lipinski definition) is 2. The number of rotatable bonds is 2. The molecular weight excluding hydrogens is 260 g/mol. The van der Waals surface area contributed by atoms with Crippen molar-refractivity contribution in [2.75, 3.05) is 0 Å². The molecule has 0 amide bonds. The normalized spacial score (nSPS) is 10.8. The average Bonchev–Trinajstić information content (AvgIpc) is 2.42. The van der Waals surface area contributed by atoms with Crippen LogP contribution in [0.1, 0.15) is 5.69 Å². The van der Waals surface area contributed by atoms with Crippen LogP contribution in [0.3, 0.4) is 0 Å². The first kappa shape index (κ1) is 11.9.